The summed E-state index contributed by atoms with van der Waals surface area (Å²) in [6.45, 7) is 8.18. The number of hydrogen-bond acceptors (Lipinski definition) is 3. The van der Waals surface area contributed by atoms with E-state index in [1.807, 2.05) is 26.0 Å². The van der Waals surface area contributed by atoms with Gasteiger partial charge in [0.15, 0.2) is 0 Å². The lowest BCUT2D eigenvalue weighted by atomic mass is 10.2. The highest BCUT2D eigenvalue weighted by atomic mass is 16.3. The minimum Gasteiger partial charge on any atom is -0.508 e. The van der Waals surface area contributed by atoms with Crippen molar-refractivity contribution in [1.82, 2.24) is 5.32 Å². The molecule has 1 aromatic carbocycles. The van der Waals surface area contributed by atoms with Gasteiger partial charge >= 0.3 is 0 Å². The summed E-state index contributed by atoms with van der Waals surface area (Å²) in [5.74, 6) is 0.332. The fraction of sp³-hybridized carbons (Fsp3) is 0.538. The zero-order valence-electron chi connectivity index (χ0n) is 9.53. The number of nitrogens with zero attached hydrogens (tertiary/aromatic N) is 1. The van der Waals surface area contributed by atoms with Gasteiger partial charge in [0.2, 0.25) is 0 Å². The second kappa shape index (κ2) is 7.99. The molecule has 0 bridgehead atoms. The van der Waals surface area contributed by atoms with Gasteiger partial charge in [0.1, 0.15) is 5.75 Å². The maximum absolute atomic E-state index is 9.12. The Morgan fingerprint density at radius 3 is 2.06 bits per heavy atom. The number of phenolic OH excluding ortho intramolecular Hbond substituents is 1. The molecule has 0 spiro atoms. The van der Waals surface area contributed by atoms with Crippen molar-refractivity contribution >= 4 is 5.69 Å². The highest BCUT2D eigenvalue weighted by Crippen LogP contribution is 2.18. The van der Waals surface area contributed by atoms with Gasteiger partial charge in [-0.2, -0.15) is 0 Å². The number of aromatic hydroxyl groups is 1. The van der Waals surface area contributed by atoms with Crippen molar-refractivity contribution in [2.75, 3.05) is 31.1 Å². The molecule has 2 N–H and O–H groups in total. The van der Waals surface area contributed by atoms with Crippen LogP contribution in [0.1, 0.15) is 21.3 Å². The monoisotopic (exact) mass is 224 g/mol. The standard InChI is InChI=1S/C10H14N2O.C2H6.CH4/c13-10-3-1-9(2-4-10)12-7-5-11-6-8-12;1-2;/h1-4,11,13H,5-8H2;1-2H3;1H4. The first kappa shape index (κ1) is 14.8. The third-order valence-electron chi connectivity index (χ3n) is 2.33. The lowest BCUT2D eigenvalue weighted by molar-refractivity contribution is 0.475. The quantitative estimate of drug-likeness (QED) is 0.769. The predicted octanol–water partition coefficient (Wildman–Crippen LogP) is 2.46. The van der Waals surface area contributed by atoms with E-state index in [9.17, 15) is 0 Å². The van der Waals surface area contributed by atoms with Crippen LogP contribution < -0.4 is 10.2 Å². The zero-order chi connectivity index (χ0) is 11.1. The first-order valence-electron chi connectivity index (χ1n) is 5.61. The Morgan fingerprint density at radius 2 is 1.56 bits per heavy atom. The van der Waals surface area contributed by atoms with Crippen molar-refractivity contribution in [3.8, 4) is 5.75 Å². The molecule has 0 aromatic heterocycles. The number of benzene rings is 1. The summed E-state index contributed by atoms with van der Waals surface area (Å²) >= 11 is 0. The minimum absolute atomic E-state index is 0. The molecule has 0 saturated carbocycles. The van der Waals surface area contributed by atoms with Gasteiger partial charge < -0.3 is 15.3 Å². The molecule has 0 amide bonds. The third kappa shape index (κ3) is 4.11. The lowest BCUT2D eigenvalue weighted by Crippen LogP contribution is -2.43. The number of nitrogens with one attached hydrogen (secondary N) is 1. The molecule has 92 valence electrons. The van der Waals surface area contributed by atoms with Crippen LogP contribution in [-0.4, -0.2) is 31.3 Å². The summed E-state index contributed by atoms with van der Waals surface area (Å²) in [5.41, 5.74) is 1.19. The molecule has 1 fully saturated rings. The molecule has 0 radical (unpaired) electrons. The van der Waals surface area contributed by atoms with E-state index in [1.165, 1.54) is 5.69 Å². The van der Waals surface area contributed by atoms with E-state index in [0.717, 1.165) is 26.2 Å². The lowest BCUT2D eigenvalue weighted by Gasteiger charge is -2.29. The molecule has 1 aliphatic heterocycles. The Hall–Kier alpha value is -1.22. The Balaban J connectivity index is 0.000000711. The molecule has 1 heterocycles. The second-order valence-corrected chi connectivity index (χ2v) is 3.25. The topological polar surface area (TPSA) is 35.5 Å². The SMILES string of the molecule is C.CC.Oc1ccc(N2CCNCC2)cc1. The van der Waals surface area contributed by atoms with Gasteiger partial charge in [-0.3, -0.25) is 0 Å². The first-order chi connectivity index (χ1) is 7.36. The molecule has 0 aliphatic carbocycles. The minimum atomic E-state index is 0. The summed E-state index contributed by atoms with van der Waals surface area (Å²) in [6, 6.07) is 7.38. The van der Waals surface area contributed by atoms with Gasteiger partial charge in [0, 0.05) is 31.9 Å². The number of anilines is 1. The summed E-state index contributed by atoms with van der Waals surface area (Å²) < 4.78 is 0. The molecule has 0 atom stereocenters. The van der Waals surface area contributed by atoms with Gasteiger partial charge in [-0.25, -0.2) is 0 Å². The molecule has 0 unspecified atom stereocenters. The van der Waals surface area contributed by atoms with Crippen molar-refractivity contribution < 1.29 is 5.11 Å². The van der Waals surface area contributed by atoms with E-state index in [0.29, 0.717) is 5.75 Å². The van der Waals surface area contributed by atoms with Gasteiger partial charge in [-0.1, -0.05) is 21.3 Å². The van der Waals surface area contributed by atoms with E-state index >= 15 is 0 Å². The smallest absolute Gasteiger partial charge is 0.115 e. The van der Waals surface area contributed by atoms with E-state index in [-0.39, 0.29) is 7.43 Å². The summed E-state index contributed by atoms with van der Waals surface area (Å²) in [7, 11) is 0. The number of phenols is 1. The predicted molar refractivity (Wildman–Crippen MR) is 71.3 cm³/mol. The molecule has 1 saturated heterocycles. The van der Waals surface area contributed by atoms with Crippen LogP contribution in [0.3, 0.4) is 0 Å². The molecule has 2 rings (SSSR count). The third-order valence-corrected chi connectivity index (χ3v) is 2.33. The van der Waals surface area contributed by atoms with Crippen LogP contribution in [0.5, 0.6) is 5.75 Å². The Morgan fingerprint density at radius 1 is 1.06 bits per heavy atom. The van der Waals surface area contributed by atoms with Crippen molar-refractivity contribution in [2.24, 2.45) is 0 Å². The number of hydrogen-bond donors (Lipinski definition) is 2. The van der Waals surface area contributed by atoms with E-state index in [1.54, 1.807) is 12.1 Å². The molecule has 3 nitrogen and oxygen atoms in total. The first-order valence-corrected chi connectivity index (χ1v) is 5.61. The second-order valence-electron chi connectivity index (χ2n) is 3.25. The van der Waals surface area contributed by atoms with E-state index < -0.39 is 0 Å². The van der Waals surface area contributed by atoms with Gasteiger partial charge in [-0.05, 0) is 24.3 Å². The Kier molecular flexibility index (Phi) is 7.38. The molecular weight excluding hydrogens is 200 g/mol. The molecule has 1 aromatic rings. The summed E-state index contributed by atoms with van der Waals surface area (Å²) in [4.78, 5) is 2.32. The molecule has 16 heavy (non-hydrogen) atoms. The van der Waals surface area contributed by atoms with Gasteiger partial charge in [0.05, 0.1) is 0 Å². The van der Waals surface area contributed by atoms with Crippen LogP contribution in [0.4, 0.5) is 5.69 Å². The Bertz CT molecular complexity index is 266. The van der Waals surface area contributed by atoms with Crippen LogP contribution in [0.25, 0.3) is 0 Å². The van der Waals surface area contributed by atoms with Gasteiger partial charge in [-0.15, -0.1) is 0 Å². The molecule has 1 aliphatic rings. The highest BCUT2D eigenvalue weighted by molar-refractivity contribution is 5.49. The summed E-state index contributed by atoms with van der Waals surface area (Å²) in [6.07, 6.45) is 0. The van der Waals surface area contributed by atoms with Crippen LogP contribution in [0, 0.1) is 0 Å². The van der Waals surface area contributed by atoms with Crippen LogP contribution in [0.2, 0.25) is 0 Å². The largest absolute Gasteiger partial charge is 0.508 e. The van der Waals surface area contributed by atoms with Crippen LogP contribution >= 0.6 is 0 Å². The maximum atomic E-state index is 9.12. The van der Waals surface area contributed by atoms with Gasteiger partial charge in [0.25, 0.3) is 0 Å². The number of rotatable bonds is 1. The maximum Gasteiger partial charge on any atom is 0.115 e. The zero-order valence-corrected chi connectivity index (χ0v) is 9.53. The molecular formula is C13H24N2O. The van der Waals surface area contributed by atoms with Crippen LogP contribution in [0.15, 0.2) is 24.3 Å². The highest BCUT2D eigenvalue weighted by Gasteiger charge is 2.09. The Labute approximate surface area is 99.1 Å². The van der Waals surface area contributed by atoms with Crippen molar-refractivity contribution in [2.45, 2.75) is 21.3 Å². The summed E-state index contributed by atoms with van der Waals surface area (Å²) in [5, 5.41) is 12.4. The normalized spacial score (nSPS) is 14.5. The van der Waals surface area contributed by atoms with Crippen LogP contribution in [-0.2, 0) is 0 Å². The number of piperazine rings is 1. The van der Waals surface area contributed by atoms with Crippen molar-refractivity contribution in [3.05, 3.63) is 24.3 Å². The average Bonchev–Trinajstić information content (AvgIpc) is 2.34. The fourth-order valence-electron chi connectivity index (χ4n) is 1.59. The van der Waals surface area contributed by atoms with Crippen molar-refractivity contribution in [3.63, 3.8) is 0 Å². The van der Waals surface area contributed by atoms with Crippen molar-refractivity contribution in [1.29, 1.82) is 0 Å². The van der Waals surface area contributed by atoms with E-state index in [2.05, 4.69) is 10.2 Å². The fourth-order valence-corrected chi connectivity index (χ4v) is 1.59. The average molecular weight is 224 g/mol. The van der Waals surface area contributed by atoms with E-state index in [4.69, 9.17) is 5.11 Å². The molecule has 3 heteroatoms.